The van der Waals surface area contributed by atoms with Crippen molar-refractivity contribution in [2.75, 3.05) is 19.7 Å². The number of primary amides is 1. The predicted octanol–water partition coefficient (Wildman–Crippen LogP) is 1.15. The molecule has 1 saturated heterocycles. The Balaban J connectivity index is 2.08. The van der Waals surface area contributed by atoms with Gasteiger partial charge in [0.2, 0.25) is 5.91 Å². The van der Waals surface area contributed by atoms with Crippen molar-refractivity contribution in [2.45, 2.75) is 39.5 Å². The zero-order chi connectivity index (χ0) is 17.7. The highest BCUT2D eigenvalue weighted by Crippen LogP contribution is 2.18. The van der Waals surface area contributed by atoms with E-state index in [0.717, 1.165) is 5.56 Å². The molecule has 3 N–H and O–H groups in total. The maximum atomic E-state index is 12.2. The number of hydrogen-bond acceptors (Lipinski definition) is 4. The highest BCUT2D eigenvalue weighted by molar-refractivity contribution is 5.94. The lowest BCUT2D eigenvalue weighted by atomic mass is 10.0. The number of morpholine rings is 1. The van der Waals surface area contributed by atoms with Crippen LogP contribution in [-0.4, -0.2) is 48.6 Å². The summed E-state index contributed by atoms with van der Waals surface area (Å²) in [5, 5.41) is 2.92. The minimum absolute atomic E-state index is 0.0765. The number of nitrogens with zero attached hydrogens (tertiary/aromatic N) is 1. The summed E-state index contributed by atoms with van der Waals surface area (Å²) in [6.45, 7) is 8.39. The van der Waals surface area contributed by atoms with E-state index in [1.165, 1.54) is 0 Å². The molecule has 0 aromatic heterocycles. The van der Waals surface area contributed by atoms with Crippen molar-refractivity contribution in [3.05, 3.63) is 35.4 Å². The number of nitrogens with one attached hydrogen (secondary N) is 1. The molecule has 0 bridgehead atoms. The van der Waals surface area contributed by atoms with Gasteiger partial charge in [0, 0.05) is 25.2 Å². The summed E-state index contributed by atoms with van der Waals surface area (Å²) in [5.41, 5.74) is 7.13. The third kappa shape index (κ3) is 4.79. The first-order valence-electron chi connectivity index (χ1n) is 8.40. The maximum Gasteiger partial charge on any atom is 0.251 e. The number of rotatable bonds is 6. The Morgan fingerprint density at radius 1 is 1.42 bits per heavy atom. The van der Waals surface area contributed by atoms with E-state index in [1.807, 2.05) is 30.0 Å². The van der Waals surface area contributed by atoms with Gasteiger partial charge in [-0.15, -0.1) is 0 Å². The van der Waals surface area contributed by atoms with Crippen molar-refractivity contribution in [3.8, 4) is 0 Å². The van der Waals surface area contributed by atoms with Crippen molar-refractivity contribution < 1.29 is 14.3 Å². The van der Waals surface area contributed by atoms with E-state index in [2.05, 4.69) is 19.2 Å². The average Bonchev–Trinajstić information content (AvgIpc) is 2.52. The molecule has 1 aliphatic heterocycles. The highest BCUT2D eigenvalue weighted by Gasteiger charge is 2.33. The van der Waals surface area contributed by atoms with Crippen LogP contribution in [0.25, 0.3) is 0 Å². The summed E-state index contributed by atoms with van der Waals surface area (Å²) >= 11 is 0. The van der Waals surface area contributed by atoms with E-state index in [0.29, 0.717) is 37.7 Å². The van der Waals surface area contributed by atoms with Crippen LogP contribution in [0.15, 0.2) is 24.3 Å². The van der Waals surface area contributed by atoms with Crippen LogP contribution in [0, 0.1) is 5.92 Å². The Morgan fingerprint density at radius 3 is 2.83 bits per heavy atom. The standard InChI is InChI=1S/C18H27N3O3/c1-12(2)10-20-18(23)15-6-4-5-14(9-15)11-21-7-8-24-13(3)16(21)17(19)22/h4-6,9,12-13,16H,7-8,10-11H2,1-3H3,(H2,19,22)(H,20,23)/t13-,16+/m1/s1. The maximum absolute atomic E-state index is 12.2. The fraction of sp³-hybridized carbons (Fsp3) is 0.556. The second-order valence-electron chi connectivity index (χ2n) is 6.70. The number of nitrogens with two attached hydrogens (primary N) is 1. The Hall–Kier alpha value is -1.92. The number of hydrogen-bond donors (Lipinski definition) is 2. The average molecular weight is 333 g/mol. The second-order valence-corrected chi connectivity index (χ2v) is 6.70. The third-order valence-corrected chi connectivity index (χ3v) is 4.13. The van der Waals surface area contributed by atoms with E-state index in [9.17, 15) is 9.59 Å². The van der Waals surface area contributed by atoms with Gasteiger partial charge in [-0.05, 0) is 30.5 Å². The molecule has 1 aliphatic rings. The van der Waals surface area contributed by atoms with Crippen molar-refractivity contribution in [3.63, 3.8) is 0 Å². The Morgan fingerprint density at radius 2 is 2.17 bits per heavy atom. The van der Waals surface area contributed by atoms with Crippen molar-refractivity contribution >= 4 is 11.8 Å². The van der Waals surface area contributed by atoms with Crippen molar-refractivity contribution in [2.24, 2.45) is 11.7 Å². The fourth-order valence-electron chi connectivity index (χ4n) is 2.92. The Labute approximate surface area is 143 Å². The summed E-state index contributed by atoms with van der Waals surface area (Å²) < 4.78 is 5.53. The van der Waals surface area contributed by atoms with Crippen LogP contribution in [-0.2, 0) is 16.1 Å². The molecule has 0 spiro atoms. The molecule has 132 valence electrons. The lowest BCUT2D eigenvalue weighted by molar-refractivity contribution is -0.136. The lowest BCUT2D eigenvalue weighted by Gasteiger charge is -2.37. The van der Waals surface area contributed by atoms with Gasteiger partial charge in [0.1, 0.15) is 6.04 Å². The van der Waals surface area contributed by atoms with E-state index < -0.39 is 6.04 Å². The topological polar surface area (TPSA) is 84.7 Å². The van der Waals surface area contributed by atoms with Gasteiger partial charge in [-0.2, -0.15) is 0 Å². The monoisotopic (exact) mass is 333 g/mol. The van der Waals surface area contributed by atoms with Gasteiger partial charge < -0.3 is 15.8 Å². The molecule has 2 atom stereocenters. The van der Waals surface area contributed by atoms with E-state index in [4.69, 9.17) is 10.5 Å². The van der Waals surface area contributed by atoms with Crippen LogP contribution < -0.4 is 11.1 Å². The first-order chi connectivity index (χ1) is 11.4. The SMILES string of the molecule is CC(C)CNC(=O)c1cccc(CN2CCO[C@H](C)[C@H]2C(N)=O)c1. The largest absolute Gasteiger partial charge is 0.375 e. The molecule has 2 amide bonds. The van der Waals surface area contributed by atoms with Gasteiger partial charge in [0.05, 0.1) is 12.7 Å². The number of ether oxygens (including phenoxy) is 1. The highest BCUT2D eigenvalue weighted by atomic mass is 16.5. The lowest BCUT2D eigenvalue weighted by Crippen LogP contribution is -2.56. The molecule has 6 heteroatoms. The number of benzene rings is 1. The zero-order valence-corrected chi connectivity index (χ0v) is 14.6. The van der Waals surface area contributed by atoms with Gasteiger partial charge >= 0.3 is 0 Å². The molecule has 0 saturated carbocycles. The summed E-state index contributed by atoms with van der Waals surface area (Å²) in [5.74, 6) is -0.0522. The molecule has 6 nitrogen and oxygen atoms in total. The molecule has 2 rings (SSSR count). The van der Waals surface area contributed by atoms with E-state index in [-0.39, 0.29) is 17.9 Å². The van der Waals surface area contributed by atoms with E-state index in [1.54, 1.807) is 6.07 Å². The van der Waals surface area contributed by atoms with Crippen LogP contribution in [0.1, 0.15) is 36.7 Å². The van der Waals surface area contributed by atoms with Gasteiger partial charge in [-0.1, -0.05) is 26.0 Å². The molecule has 24 heavy (non-hydrogen) atoms. The quantitative estimate of drug-likeness (QED) is 0.818. The van der Waals surface area contributed by atoms with Gasteiger partial charge in [-0.25, -0.2) is 0 Å². The summed E-state index contributed by atoms with van der Waals surface area (Å²) in [6, 6.07) is 7.04. The Bertz CT molecular complexity index is 589. The summed E-state index contributed by atoms with van der Waals surface area (Å²) in [4.78, 5) is 25.9. The van der Waals surface area contributed by atoms with Crippen LogP contribution in [0.2, 0.25) is 0 Å². The van der Waals surface area contributed by atoms with Crippen LogP contribution in [0.4, 0.5) is 0 Å². The summed E-state index contributed by atoms with van der Waals surface area (Å²) in [7, 11) is 0. The smallest absolute Gasteiger partial charge is 0.251 e. The summed E-state index contributed by atoms with van der Waals surface area (Å²) in [6.07, 6.45) is -0.228. The molecule has 0 unspecified atom stereocenters. The van der Waals surface area contributed by atoms with E-state index >= 15 is 0 Å². The Kier molecular flexibility index (Phi) is 6.34. The normalized spacial score (nSPS) is 21.7. The number of carbonyl (C=O) groups excluding carboxylic acids is 2. The molecule has 0 radical (unpaired) electrons. The fourth-order valence-corrected chi connectivity index (χ4v) is 2.92. The number of carbonyl (C=O) groups is 2. The zero-order valence-electron chi connectivity index (χ0n) is 14.6. The van der Waals surface area contributed by atoms with Gasteiger partial charge in [-0.3, -0.25) is 14.5 Å². The van der Waals surface area contributed by atoms with Crippen LogP contribution in [0.3, 0.4) is 0 Å². The third-order valence-electron chi connectivity index (χ3n) is 4.13. The van der Waals surface area contributed by atoms with Crippen molar-refractivity contribution in [1.82, 2.24) is 10.2 Å². The molecular formula is C18H27N3O3. The minimum atomic E-state index is -0.447. The van der Waals surface area contributed by atoms with Crippen LogP contribution >= 0.6 is 0 Å². The van der Waals surface area contributed by atoms with Crippen LogP contribution in [0.5, 0.6) is 0 Å². The molecule has 1 aromatic rings. The van der Waals surface area contributed by atoms with Gasteiger partial charge in [0.25, 0.3) is 5.91 Å². The first-order valence-corrected chi connectivity index (χ1v) is 8.40. The molecule has 1 aromatic carbocycles. The predicted molar refractivity (Wildman–Crippen MR) is 92.4 cm³/mol. The molecule has 0 aliphatic carbocycles. The minimum Gasteiger partial charge on any atom is -0.375 e. The second kappa shape index (κ2) is 8.26. The molecular weight excluding hydrogens is 306 g/mol. The first kappa shape index (κ1) is 18.4. The number of amides is 2. The van der Waals surface area contributed by atoms with Gasteiger partial charge in [0.15, 0.2) is 0 Å². The molecule has 1 heterocycles. The van der Waals surface area contributed by atoms with Crippen molar-refractivity contribution in [1.29, 1.82) is 0 Å². The molecule has 1 fully saturated rings.